The molecule has 1 radical (unpaired) electrons. The van der Waals surface area contributed by atoms with Gasteiger partial charge in [0.1, 0.15) is 0 Å². The van der Waals surface area contributed by atoms with Crippen LogP contribution in [0.4, 0.5) is 0 Å². The van der Waals surface area contributed by atoms with Crippen molar-refractivity contribution in [3.63, 3.8) is 0 Å². The Morgan fingerprint density at radius 3 is 2.33 bits per heavy atom. The zero-order valence-corrected chi connectivity index (χ0v) is 3.77. The van der Waals surface area contributed by atoms with Crippen LogP contribution in [0.2, 0.25) is 0 Å². The minimum Gasteiger partial charge on any atom is -0.295 e. The SMILES string of the molecule is [CH2]/C=C/C(C)=O. The van der Waals surface area contributed by atoms with E-state index in [0.717, 1.165) is 0 Å². The van der Waals surface area contributed by atoms with Gasteiger partial charge in [-0.15, -0.1) is 0 Å². The second-order valence-corrected chi connectivity index (χ2v) is 1.01. The predicted octanol–water partition coefficient (Wildman–Crippen LogP) is 0.966. The van der Waals surface area contributed by atoms with Crippen LogP contribution < -0.4 is 0 Å². The predicted molar refractivity (Wildman–Crippen MR) is 25.2 cm³/mol. The van der Waals surface area contributed by atoms with Gasteiger partial charge in [0.2, 0.25) is 0 Å². The molecule has 0 rings (SSSR count). The summed E-state index contributed by atoms with van der Waals surface area (Å²) in [7, 11) is 0. The number of rotatable bonds is 1. The Labute approximate surface area is 37.7 Å². The van der Waals surface area contributed by atoms with Crippen molar-refractivity contribution < 1.29 is 4.79 Å². The van der Waals surface area contributed by atoms with Gasteiger partial charge in [0.15, 0.2) is 5.78 Å². The molecule has 1 heteroatoms. The number of hydrogen-bond acceptors (Lipinski definition) is 1. The summed E-state index contributed by atoms with van der Waals surface area (Å²) < 4.78 is 0. The first-order chi connectivity index (χ1) is 2.77. The van der Waals surface area contributed by atoms with E-state index in [1.54, 1.807) is 0 Å². The van der Waals surface area contributed by atoms with Crippen molar-refractivity contribution in [2.45, 2.75) is 6.92 Å². The molecule has 0 aromatic rings. The van der Waals surface area contributed by atoms with Crippen molar-refractivity contribution in [2.75, 3.05) is 0 Å². The Hall–Kier alpha value is -0.590. The molecule has 0 spiro atoms. The van der Waals surface area contributed by atoms with E-state index in [1.165, 1.54) is 19.1 Å². The topological polar surface area (TPSA) is 17.1 Å². The van der Waals surface area contributed by atoms with E-state index in [0.29, 0.717) is 0 Å². The quantitative estimate of drug-likeness (QED) is 0.431. The Kier molecular flexibility index (Phi) is 2.38. The molecule has 0 fully saturated rings. The van der Waals surface area contributed by atoms with Gasteiger partial charge in [0.05, 0.1) is 0 Å². The average Bonchev–Trinajstić information content (AvgIpc) is 1.35. The molecule has 0 aliphatic rings. The van der Waals surface area contributed by atoms with Crippen LogP contribution in [0.25, 0.3) is 0 Å². The van der Waals surface area contributed by atoms with E-state index < -0.39 is 0 Å². The van der Waals surface area contributed by atoms with Gasteiger partial charge in [-0.1, -0.05) is 6.08 Å². The Balaban J connectivity index is 3.30. The lowest BCUT2D eigenvalue weighted by Gasteiger charge is -1.68. The molecule has 0 saturated carbocycles. The molecular weight excluding hydrogens is 76.1 g/mol. The molecule has 6 heavy (non-hydrogen) atoms. The number of carbonyl (C=O) groups excluding carboxylic acids is 1. The first-order valence-corrected chi connectivity index (χ1v) is 1.73. The molecule has 0 saturated heterocycles. The summed E-state index contributed by atoms with van der Waals surface area (Å²) in [5, 5.41) is 0. The zero-order valence-electron chi connectivity index (χ0n) is 3.77. The van der Waals surface area contributed by atoms with Crippen LogP contribution in [0.5, 0.6) is 0 Å². The van der Waals surface area contributed by atoms with Gasteiger partial charge >= 0.3 is 0 Å². The molecular formula is C5H7O. The summed E-state index contributed by atoms with van der Waals surface area (Å²) in [4.78, 5) is 9.92. The van der Waals surface area contributed by atoms with Crippen molar-refractivity contribution in [3.05, 3.63) is 19.1 Å². The molecule has 0 atom stereocenters. The smallest absolute Gasteiger partial charge is 0.152 e. The second kappa shape index (κ2) is 2.64. The summed E-state index contributed by atoms with van der Waals surface area (Å²) in [6.45, 7) is 4.81. The average molecular weight is 83.1 g/mol. The molecule has 0 aliphatic heterocycles. The van der Waals surface area contributed by atoms with Gasteiger partial charge in [0, 0.05) is 0 Å². The van der Waals surface area contributed by atoms with Crippen LogP contribution in [0.15, 0.2) is 12.2 Å². The summed E-state index contributed by atoms with van der Waals surface area (Å²) in [5.41, 5.74) is 0. The summed E-state index contributed by atoms with van der Waals surface area (Å²) in [5.74, 6) is 0.0463. The lowest BCUT2D eigenvalue weighted by atomic mass is 10.4. The number of hydrogen-bond donors (Lipinski definition) is 0. The highest BCUT2D eigenvalue weighted by Gasteiger charge is 1.73. The molecule has 33 valence electrons. The fourth-order valence-corrected chi connectivity index (χ4v) is 0.166. The van der Waals surface area contributed by atoms with E-state index in [4.69, 9.17) is 0 Å². The van der Waals surface area contributed by atoms with Gasteiger partial charge in [-0.05, 0) is 19.9 Å². The van der Waals surface area contributed by atoms with Gasteiger partial charge in [-0.3, -0.25) is 4.79 Å². The van der Waals surface area contributed by atoms with Gasteiger partial charge in [-0.25, -0.2) is 0 Å². The van der Waals surface area contributed by atoms with Gasteiger partial charge in [0.25, 0.3) is 0 Å². The van der Waals surface area contributed by atoms with Crippen LogP contribution in [0.3, 0.4) is 0 Å². The van der Waals surface area contributed by atoms with E-state index in [1.807, 2.05) is 0 Å². The van der Waals surface area contributed by atoms with Crippen molar-refractivity contribution in [1.29, 1.82) is 0 Å². The van der Waals surface area contributed by atoms with Crippen LogP contribution in [-0.4, -0.2) is 5.78 Å². The van der Waals surface area contributed by atoms with Crippen LogP contribution >= 0.6 is 0 Å². The second-order valence-electron chi connectivity index (χ2n) is 1.01. The third kappa shape index (κ3) is 3.41. The van der Waals surface area contributed by atoms with Crippen LogP contribution in [0, 0.1) is 6.92 Å². The Bertz CT molecular complexity index is 72.0. The molecule has 0 heterocycles. The maximum Gasteiger partial charge on any atom is 0.152 e. The molecule has 1 nitrogen and oxygen atoms in total. The van der Waals surface area contributed by atoms with Crippen molar-refractivity contribution >= 4 is 5.78 Å². The lowest BCUT2D eigenvalue weighted by molar-refractivity contribution is -0.112. The summed E-state index contributed by atoms with van der Waals surface area (Å²) >= 11 is 0. The normalized spacial score (nSPS) is 9.67. The zero-order chi connectivity index (χ0) is 4.99. The summed E-state index contributed by atoms with van der Waals surface area (Å²) in [6.07, 6.45) is 2.89. The van der Waals surface area contributed by atoms with Gasteiger partial charge < -0.3 is 0 Å². The van der Waals surface area contributed by atoms with E-state index >= 15 is 0 Å². The fourth-order valence-electron chi connectivity index (χ4n) is 0.166. The minimum atomic E-state index is 0.0463. The minimum absolute atomic E-state index is 0.0463. The maximum absolute atomic E-state index is 9.92. The standard InChI is InChI=1S/C5H7O/c1-3-4-5(2)6/h3-4H,1H2,2H3/b4-3+. The van der Waals surface area contributed by atoms with Crippen LogP contribution in [-0.2, 0) is 4.79 Å². The highest BCUT2D eigenvalue weighted by molar-refractivity contribution is 5.87. The fraction of sp³-hybridized carbons (Fsp3) is 0.200. The monoisotopic (exact) mass is 83.0 g/mol. The molecule has 0 aromatic carbocycles. The molecule has 0 aromatic heterocycles. The Morgan fingerprint density at radius 1 is 1.83 bits per heavy atom. The molecule has 0 aliphatic carbocycles. The lowest BCUT2D eigenvalue weighted by Crippen LogP contribution is -1.76. The van der Waals surface area contributed by atoms with Crippen molar-refractivity contribution in [2.24, 2.45) is 0 Å². The van der Waals surface area contributed by atoms with E-state index in [-0.39, 0.29) is 5.78 Å². The van der Waals surface area contributed by atoms with Crippen molar-refractivity contribution in [3.8, 4) is 0 Å². The third-order valence-electron chi connectivity index (χ3n) is 0.353. The van der Waals surface area contributed by atoms with Gasteiger partial charge in [-0.2, -0.15) is 0 Å². The Morgan fingerprint density at radius 2 is 2.33 bits per heavy atom. The highest BCUT2D eigenvalue weighted by atomic mass is 16.1. The molecule has 0 unspecified atom stereocenters. The number of carbonyl (C=O) groups is 1. The number of allylic oxidation sites excluding steroid dienone is 2. The number of ketones is 1. The van der Waals surface area contributed by atoms with E-state index in [2.05, 4.69) is 6.92 Å². The molecule has 0 N–H and O–H groups in total. The van der Waals surface area contributed by atoms with Crippen molar-refractivity contribution in [1.82, 2.24) is 0 Å². The third-order valence-corrected chi connectivity index (χ3v) is 0.353. The molecule has 0 bridgehead atoms. The first kappa shape index (κ1) is 5.41. The largest absolute Gasteiger partial charge is 0.295 e. The summed E-state index contributed by atoms with van der Waals surface area (Å²) in [6, 6.07) is 0. The van der Waals surface area contributed by atoms with E-state index in [9.17, 15) is 4.79 Å². The first-order valence-electron chi connectivity index (χ1n) is 1.73. The maximum atomic E-state index is 9.92. The molecule has 0 amide bonds. The highest BCUT2D eigenvalue weighted by Crippen LogP contribution is 1.68. The van der Waals surface area contributed by atoms with Crippen LogP contribution in [0.1, 0.15) is 6.92 Å².